The van der Waals surface area contributed by atoms with Gasteiger partial charge in [-0.05, 0) is 100 Å². The summed E-state index contributed by atoms with van der Waals surface area (Å²) in [5.41, 5.74) is 5.49. The second kappa shape index (κ2) is 31.4. The molecule has 6 heterocycles. The number of hydrogen-bond acceptors (Lipinski definition) is 14. The van der Waals surface area contributed by atoms with Gasteiger partial charge in [-0.3, -0.25) is 29.9 Å². The van der Waals surface area contributed by atoms with Crippen LogP contribution in [0.5, 0.6) is 0 Å². The van der Waals surface area contributed by atoms with Gasteiger partial charge in [-0.1, -0.05) is 36.4 Å². The Kier molecular flexibility index (Phi) is 28.7. The SMILES string of the molecule is CC(=O)[O-].CC(=O)[O-].CC(=O)[O-].CC(=O)[O-].[Ru+4].c1ccc(-c2ccccn2)nc1.c1ccc(-c2ccccn2)nc1.c1ccc(-c2ccccn2)nc1. The average molecular weight is 806 g/mol. The second-order valence-corrected chi connectivity index (χ2v) is 9.26. The van der Waals surface area contributed by atoms with E-state index in [1.807, 2.05) is 109 Å². The first-order valence-electron chi connectivity index (χ1n) is 15.0. The zero-order chi connectivity index (χ0) is 39.0. The molecule has 0 radical (unpaired) electrons. The Balaban J connectivity index is 0. The van der Waals surface area contributed by atoms with Crippen LogP contribution in [0.1, 0.15) is 27.7 Å². The van der Waals surface area contributed by atoms with Gasteiger partial charge in [0, 0.05) is 61.1 Å². The summed E-state index contributed by atoms with van der Waals surface area (Å²) in [6.07, 6.45) is 10.6. The van der Waals surface area contributed by atoms with E-state index in [1.54, 1.807) is 37.2 Å². The van der Waals surface area contributed by atoms with E-state index in [0.717, 1.165) is 61.9 Å². The fraction of sp³-hybridized carbons (Fsp3) is 0.105. The monoisotopic (exact) mass is 806 g/mol. The third-order valence-electron chi connectivity index (χ3n) is 4.78. The molecule has 0 atom stereocenters. The van der Waals surface area contributed by atoms with Crippen molar-refractivity contribution in [2.45, 2.75) is 27.7 Å². The number of carbonyl (C=O) groups is 4. The van der Waals surface area contributed by atoms with Crippen molar-refractivity contribution in [2.75, 3.05) is 0 Å². The molecule has 0 aliphatic rings. The summed E-state index contributed by atoms with van der Waals surface area (Å²) in [5.74, 6) is -4.33. The molecular weight excluding hydrogens is 770 g/mol. The van der Waals surface area contributed by atoms with Crippen LogP contribution in [0.25, 0.3) is 34.2 Å². The maximum absolute atomic E-state index is 8.89. The number of nitrogens with zero attached hydrogens (tertiary/aromatic N) is 6. The Labute approximate surface area is 320 Å². The fourth-order valence-electron chi connectivity index (χ4n) is 3.09. The van der Waals surface area contributed by atoms with Gasteiger partial charge in [0.1, 0.15) is 0 Å². The first-order valence-corrected chi connectivity index (χ1v) is 15.0. The van der Waals surface area contributed by atoms with E-state index < -0.39 is 23.9 Å². The minimum atomic E-state index is -1.08. The molecule has 0 aliphatic carbocycles. The molecule has 15 heteroatoms. The predicted molar refractivity (Wildman–Crippen MR) is 185 cm³/mol. The molecule has 0 N–H and O–H groups in total. The van der Waals surface area contributed by atoms with E-state index in [9.17, 15) is 0 Å². The zero-order valence-corrected chi connectivity index (χ0v) is 30.9. The Bertz CT molecular complexity index is 1460. The third kappa shape index (κ3) is 30.0. The van der Waals surface area contributed by atoms with Crippen LogP contribution in [0.2, 0.25) is 0 Å². The van der Waals surface area contributed by atoms with Gasteiger partial charge in [0.2, 0.25) is 0 Å². The minimum Gasteiger partial charge on any atom is -0.550 e. The van der Waals surface area contributed by atoms with Crippen LogP contribution >= 0.6 is 0 Å². The van der Waals surface area contributed by atoms with Crippen molar-refractivity contribution in [3.63, 3.8) is 0 Å². The number of carboxylic acid groups (broad SMARTS) is 4. The number of hydrogen-bond donors (Lipinski definition) is 0. The van der Waals surface area contributed by atoms with Crippen molar-refractivity contribution in [2.24, 2.45) is 0 Å². The second-order valence-electron chi connectivity index (χ2n) is 9.26. The van der Waals surface area contributed by atoms with E-state index in [4.69, 9.17) is 39.6 Å². The molecule has 0 saturated carbocycles. The van der Waals surface area contributed by atoms with Gasteiger partial charge in [0.25, 0.3) is 0 Å². The van der Waals surface area contributed by atoms with Gasteiger partial charge in [-0.15, -0.1) is 0 Å². The van der Waals surface area contributed by atoms with E-state index in [2.05, 4.69) is 29.9 Å². The summed E-state index contributed by atoms with van der Waals surface area (Å²) in [5, 5.41) is 35.6. The molecule has 6 rings (SSSR count). The molecule has 6 aromatic heterocycles. The number of rotatable bonds is 3. The number of carboxylic acids is 4. The normalized spacial score (nSPS) is 8.45. The standard InChI is InChI=1S/3C10H8N2.4C2H4O2.Ru/c3*1-3-7-11-9(5-1)10-6-2-4-8-12-10;4*1-2(3)4;/h3*1-8H;4*1H3,(H,3,4);/q;;;;;;;+4/p-4. The van der Waals surface area contributed by atoms with E-state index in [-0.39, 0.29) is 19.5 Å². The van der Waals surface area contributed by atoms with Gasteiger partial charge in [-0.2, -0.15) is 0 Å². The number of carbonyl (C=O) groups excluding carboxylic acids is 4. The molecule has 14 nitrogen and oxygen atoms in total. The molecule has 6 aromatic rings. The first kappa shape index (κ1) is 48.5. The zero-order valence-electron chi connectivity index (χ0n) is 29.2. The van der Waals surface area contributed by atoms with Crippen molar-refractivity contribution in [3.05, 3.63) is 146 Å². The number of aromatic nitrogens is 6. The van der Waals surface area contributed by atoms with Gasteiger partial charge in [0.15, 0.2) is 0 Å². The Morgan fingerprint density at radius 1 is 0.321 bits per heavy atom. The predicted octanol–water partition coefficient (Wildman–Crippen LogP) is 1.45. The van der Waals surface area contributed by atoms with E-state index in [0.29, 0.717) is 0 Å². The summed E-state index contributed by atoms with van der Waals surface area (Å²) < 4.78 is 0. The minimum absolute atomic E-state index is 0. The van der Waals surface area contributed by atoms with Gasteiger partial charge in [-0.25, -0.2) is 0 Å². The van der Waals surface area contributed by atoms with Crippen LogP contribution in [0, 0.1) is 0 Å². The van der Waals surface area contributed by atoms with Crippen molar-refractivity contribution in [1.29, 1.82) is 0 Å². The average Bonchev–Trinajstić information content (AvgIpc) is 3.14. The smallest absolute Gasteiger partial charge is 0.550 e. The molecule has 0 bridgehead atoms. The van der Waals surface area contributed by atoms with Gasteiger partial charge >= 0.3 is 19.5 Å². The largest absolute Gasteiger partial charge is 4.00 e. The molecular formula is C38H36N6O8Ru. The van der Waals surface area contributed by atoms with Gasteiger partial charge in [0.05, 0.1) is 34.2 Å². The van der Waals surface area contributed by atoms with Crippen molar-refractivity contribution >= 4 is 23.9 Å². The molecule has 0 spiro atoms. The Morgan fingerprint density at radius 3 is 0.509 bits per heavy atom. The third-order valence-corrected chi connectivity index (χ3v) is 4.78. The van der Waals surface area contributed by atoms with Crippen LogP contribution < -0.4 is 20.4 Å². The molecule has 0 amide bonds. The Hall–Kier alpha value is -6.60. The topological polar surface area (TPSA) is 238 Å². The van der Waals surface area contributed by atoms with Crippen molar-refractivity contribution in [1.82, 2.24) is 29.9 Å². The van der Waals surface area contributed by atoms with E-state index in [1.165, 1.54) is 0 Å². The molecule has 0 unspecified atom stereocenters. The first-order chi connectivity index (χ1) is 24.8. The molecule has 0 aromatic carbocycles. The van der Waals surface area contributed by atoms with Gasteiger partial charge < -0.3 is 39.6 Å². The molecule has 274 valence electrons. The quantitative estimate of drug-likeness (QED) is 0.230. The van der Waals surface area contributed by atoms with Crippen LogP contribution in [-0.2, 0) is 38.7 Å². The molecule has 0 aliphatic heterocycles. The summed E-state index contributed by atoms with van der Waals surface area (Å²) in [4.78, 5) is 60.7. The van der Waals surface area contributed by atoms with Crippen molar-refractivity contribution < 1.29 is 59.1 Å². The Morgan fingerprint density at radius 2 is 0.434 bits per heavy atom. The van der Waals surface area contributed by atoms with Crippen LogP contribution in [0.3, 0.4) is 0 Å². The van der Waals surface area contributed by atoms with Crippen LogP contribution in [0.4, 0.5) is 0 Å². The summed E-state index contributed by atoms with van der Waals surface area (Å²) >= 11 is 0. The van der Waals surface area contributed by atoms with Crippen LogP contribution in [0.15, 0.2) is 146 Å². The summed E-state index contributed by atoms with van der Waals surface area (Å²) in [6, 6.07) is 34.8. The molecule has 0 saturated heterocycles. The molecule has 0 fully saturated rings. The maximum Gasteiger partial charge on any atom is 4.00 e. The molecule has 53 heavy (non-hydrogen) atoms. The van der Waals surface area contributed by atoms with Crippen molar-refractivity contribution in [3.8, 4) is 34.2 Å². The maximum atomic E-state index is 8.89. The number of pyridine rings is 6. The van der Waals surface area contributed by atoms with E-state index >= 15 is 0 Å². The summed E-state index contributed by atoms with van der Waals surface area (Å²) in [7, 11) is 0. The van der Waals surface area contributed by atoms with Crippen LogP contribution in [-0.4, -0.2) is 53.8 Å². The fourth-order valence-corrected chi connectivity index (χ4v) is 3.09. The number of aliphatic carboxylic acids is 4. The summed E-state index contributed by atoms with van der Waals surface area (Å²) in [6.45, 7) is 3.89.